The van der Waals surface area contributed by atoms with E-state index in [-0.39, 0.29) is 12.5 Å². The van der Waals surface area contributed by atoms with Gasteiger partial charge in [-0.05, 0) is 24.3 Å². The molecule has 0 saturated carbocycles. The average molecular weight is 272 g/mol. The van der Waals surface area contributed by atoms with E-state index in [9.17, 15) is 5.11 Å². The van der Waals surface area contributed by atoms with Crippen molar-refractivity contribution in [1.29, 1.82) is 0 Å². The zero-order valence-corrected chi connectivity index (χ0v) is 10.4. The number of alkyl halides is 1. The first kappa shape index (κ1) is 12.4. The van der Waals surface area contributed by atoms with Gasteiger partial charge in [0.1, 0.15) is 24.0 Å². The maximum absolute atomic E-state index is 9.34. The van der Waals surface area contributed by atoms with E-state index in [0.717, 1.165) is 5.39 Å². The summed E-state index contributed by atoms with van der Waals surface area (Å²) in [6.45, 7) is 0.136. The molecule has 17 heavy (non-hydrogen) atoms. The van der Waals surface area contributed by atoms with E-state index in [0.29, 0.717) is 16.3 Å². The Morgan fingerprint density at radius 1 is 1.35 bits per heavy atom. The number of aliphatic hydroxyl groups is 1. The van der Waals surface area contributed by atoms with Crippen LogP contribution in [0.2, 0.25) is 5.02 Å². The number of benzene rings is 1. The summed E-state index contributed by atoms with van der Waals surface area (Å²) in [5, 5.41) is 10.8. The normalized spacial score (nSPS) is 12.6. The highest BCUT2D eigenvalue weighted by atomic mass is 35.5. The number of fused-ring (bicyclic) bond motifs is 1. The van der Waals surface area contributed by atoms with Crippen LogP contribution in [0.5, 0.6) is 5.75 Å². The van der Waals surface area contributed by atoms with Crippen molar-refractivity contribution in [1.82, 2.24) is 4.98 Å². The molecule has 0 amide bonds. The average Bonchev–Trinajstić information content (AvgIpc) is 2.38. The highest BCUT2D eigenvalue weighted by Crippen LogP contribution is 2.29. The lowest BCUT2D eigenvalue weighted by atomic mass is 10.2. The molecule has 1 atom stereocenters. The molecule has 1 unspecified atom stereocenters. The summed E-state index contributed by atoms with van der Waals surface area (Å²) in [6.07, 6.45) is 0.981. The Hall–Kier alpha value is -1.03. The monoisotopic (exact) mass is 271 g/mol. The summed E-state index contributed by atoms with van der Waals surface area (Å²) < 4.78 is 5.47. The first-order chi connectivity index (χ1) is 8.22. The van der Waals surface area contributed by atoms with Gasteiger partial charge < -0.3 is 9.84 Å². The molecule has 1 aromatic heterocycles. The number of hydrogen-bond donors (Lipinski definition) is 1. The van der Waals surface area contributed by atoms with Crippen LogP contribution in [0.3, 0.4) is 0 Å². The van der Waals surface area contributed by atoms with Crippen LogP contribution in [0.15, 0.2) is 30.5 Å². The van der Waals surface area contributed by atoms with Gasteiger partial charge in [-0.15, -0.1) is 11.6 Å². The quantitative estimate of drug-likeness (QED) is 0.870. The van der Waals surface area contributed by atoms with Gasteiger partial charge in [0.15, 0.2) is 0 Å². The van der Waals surface area contributed by atoms with Crippen LogP contribution in [0, 0.1) is 0 Å². The molecule has 1 aromatic carbocycles. The number of ether oxygens (including phenoxy) is 1. The molecular weight excluding hydrogens is 261 g/mol. The van der Waals surface area contributed by atoms with Gasteiger partial charge in [0, 0.05) is 11.6 Å². The molecule has 0 radical (unpaired) electrons. The summed E-state index contributed by atoms with van der Waals surface area (Å²) in [5.74, 6) is 0.730. The predicted molar refractivity (Wildman–Crippen MR) is 69.0 cm³/mol. The van der Waals surface area contributed by atoms with Crippen molar-refractivity contribution in [2.45, 2.75) is 6.10 Å². The van der Waals surface area contributed by atoms with Crippen LogP contribution >= 0.6 is 23.2 Å². The van der Waals surface area contributed by atoms with Crippen molar-refractivity contribution >= 4 is 34.1 Å². The SMILES string of the molecule is OC(CCl)COc1ccc(Cl)c2cccnc12. The molecule has 90 valence electrons. The Bertz CT molecular complexity index is 519. The van der Waals surface area contributed by atoms with Crippen molar-refractivity contribution < 1.29 is 9.84 Å². The lowest BCUT2D eigenvalue weighted by Crippen LogP contribution is -2.18. The first-order valence-electron chi connectivity index (χ1n) is 5.12. The standard InChI is InChI=1S/C12H11Cl2NO2/c13-6-8(16)7-17-11-4-3-10(14)9-2-1-5-15-12(9)11/h1-5,8,16H,6-7H2. The highest BCUT2D eigenvalue weighted by Gasteiger charge is 2.08. The zero-order valence-electron chi connectivity index (χ0n) is 8.94. The van der Waals surface area contributed by atoms with Gasteiger partial charge in [0.05, 0.1) is 10.9 Å². The summed E-state index contributed by atoms with van der Waals surface area (Å²) >= 11 is 11.5. The maximum Gasteiger partial charge on any atom is 0.145 e. The molecule has 2 rings (SSSR count). The van der Waals surface area contributed by atoms with Crippen LogP contribution in [-0.4, -0.2) is 28.7 Å². The minimum absolute atomic E-state index is 0.136. The largest absolute Gasteiger partial charge is 0.489 e. The van der Waals surface area contributed by atoms with Gasteiger partial charge in [-0.2, -0.15) is 0 Å². The van der Waals surface area contributed by atoms with Gasteiger partial charge in [-0.3, -0.25) is 4.98 Å². The molecule has 1 N–H and O–H groups in total. The second-order valence-electron chi connectivity index (χ2n) is 3.56. The van der Waals surface area contributed by atoms with Crippen molar-refractivity contribution in [3.05, 3.63) is 35.5 Å². The van der Waals surface area contributed by atoms with E-state index in [1.54, 1.807) is 18.3 Å². The Labute approximate surface area is 109 Å². The van der Waals surface area contributed by atoms with E-state index in [1.807, 2.05) is 12.1 Å². The molecule has 0 aliphatic heterocycles. The Kier molecular flexibility index (Phi) is 4.05. The van der Waals surface area contributed by atoms with Crippen LogP contribution < -0.4 is 4.74 Å². The van der Waals surface area contributed by atoms with Crippen molar-refractivity contribution in [2.75, 3.05) is 12.5 Å². The van der Waals surface area contributed by atoms with Crippen molar-refractivity contribution in [3.63, 3.8) is 0 Å². The molecule has 0 bridgehead atoms. The van der Waals surface area contributed by atoms with Crippen LogP contribution in [0.4, 0.5) is 0 Å². The molecule has 1 heterocycles. The maximum atomic E-state index is 9.34. The van der Waals surface area contributed by atoms with Crippen LogP contribution in [-0.2, 0) is 0 Å². The fourth-order valence-electron chi connectivity index (χ4n) is 1.46. The second kappa shape index (κ2) is 5.54. The molecular formula is C12H11Cl2NO2. The molecule has 0 aliphatic carbocycles. The van der Waals surface area contributed by atoms with Gasteiger partial charge in [0.2, 0.25) is 0 Å². The molecule has 2 aromatic rings. The summed E-state index contributed by atoms with van der Waals surface area (Å²) in [4.78, 5) is 4.22. The number of aliphatic hydroxyl groups excluding tert-OH is 1. The third-order valence-corrected chi connectivity index (χ3v) is 2.97. The number of nitrogens with zero attached hydrogens (tertiary/aromatic N) is 1. The minimum atomic E-state index is -0.689. The molecule has 0 aliphatic rings. The number of rotatable bonds is 4. The topological polar surface area (TPSA) is 42.4 Å². The Morgan fingerprint density at radius 3 is 2.94 bits per heavy atom. The Balaban J connectivity index is 2.32. The third-order valence-electron chi connectivity index (χ3n) is 2.29. The third kappa shape index (κ3) is 2.80. The fraction of sp³-hybridized carbons (Fsp3) is 0.250. The van der Waals surface area contributed by atoms with Gasteiger partial charge in [-0.1, -0.05) is 11.6 Å². The van der Waals surface area contributed by atoms with E-state index in [1.165, 1.54) is 0 Å². The van der Waals surface area contributed by atoms with Crippen molar-refractivity contribution in [3.8, 4) is 5.75 Å². The molecule has 0 fully saturated rings. The minimum Gasteiger partial charge on any atom is -0.489 e. The lowest BCUT2D eigenvalue weighted by molar-refractivity contribution is 0.126. The summed E-state index contributed by atoms with van der Waals surface area (Å²) in [6, 6.07) is 7.16. The first-order valence-corrected chi connectivity index (χ1v) is 6.03. The molecule has 3 nitrogen and oxygen atoms in total. The van der Waals surface area contributed by atoms with Crippen molar-refractivity contribution in [2.24, 2.45) is 0 Å². The van der Waals surface area contributed by atoms with Crippen LogP contribution in [0.1, 0.15) is 0 Å². The van der Waals surface area contributed by atoms with Gasteiger partial charge in [-0.25, -0.2) is 0 Å². The lowest BCUT2D eigenvalue weighted by Gasteiger charge is -2.11. The number of aromatic nitrogens is 1. The molecule has 0 spiro atoms. The number of halogens is 2. The van der Waals surface area contributed by atoms with E-state index < -0.39 is 6.10 Å². The number of hydrogen-bond acceptors (Lipinski definition) is 3. The fourth-order valence-corrected chi connectivity index (χ4v) is 1.76. The van der Waals surface area contributed by atoms with E-state index in [4.69, 9.17) is 27.9 Å². The second-order valence-corrected chi connectivity index (χ2v) is 4.28. The van der Waals surface area contributed by atoms with Gasteiger partial charge >= 0.3 is 0 Å². The molecule has 0 saturated heterocycles. The summed E-state index contributed by atoms with van der Waals surface area (Å²) in [7, 11) is 0. The van der Waals surface area contributed by atoms with E-state index >= 15 is 0 Å². The Morgan fingerprint density at radius 2 is 2.18 bits per heavy atom. The smallest absolute Gasteiger partial charge is 0.145 e. The highest BCUT2D eigenvalue weighted by molar-refractivity contribution is 6.35. The zero-order chi connectivity index (χ0) is 12.3. The summed E-state index contributed by atoms with van der Waals surface area (Å²) in [5.41, 5.74) is 0.682. The van der Waals surface area contributed by atoms with Crippen LogP contribution in [0.25, 0.3) is 10.9 Å². The van der Waals surface area contributed by atoms with Gasteiger partial charge in [0.25, 0.3) is 0 Å². The number of pyridine rings is 1. The molecule has 5 heteroatoms. The predicted octanol–water partition coefficient (Wildman–Crippen LogP) is 2.87. The van der Waals surface area contributed by atoms with E-state index in [2.05, 4.69) is 4.98 Å².